The lowest BCUT2D eigenvalue weighted by atomic mass is 10.1. The van der Waals surface area contributed by atoms with Gasteiger partial charge < -0.3 is 16.0 Å². The van der Waals surface area contributed by atoms with Crippen LogP contribution in [-0.4, -0.2) is 40.9 Å². The van der Waals surface area contributed by atoms with Gasteiger partial charge in [-0.25, -0.2) is 4.79 Å². The van der Waals surface area contributed by atoms with E-state index in [-0.39, 0.29) is 17.2 Å². The van der Waals surface area contributed by atoms with Crippen LogP contribution >= 0.6 is 23.5 Å². The minimum Gasteiger partial charge on any atom is -0.364 e. The first-order valence-electron chi connectivity index (χ1n) is 8.11. The third-order valence-corrected chi connectivity index (χ3v) is 6.40. The van der Waals surface area contributed by atoms with Crippen molar-refractivity contribution < 1.29 is 14.4 Å². The average molecular weight is 380 g/mol. The standard InChI is InChI=1S/C16H20N4O3S2/c1-2-17-16(23)20-12(21)9-7-8-24-14(9)19-13(22)15-18-10-5-3-4-6-11(10)25-15/h3-6,9,14-15,18H,2,7-8H2,1H3,(H,19,22)(H2,17,20,21,23). The van der Waals surface area contributed by atoms with Gasteiger partial charge in [0.1, 0.15) is 0 Å². The smallest absolute Gasteiger partial charge is 0.321 e. The maximum absolute atomic E-state index is 12.5. The van der Waals surface area contributed by atoms with E-state index in [1.807, 2.05) is 24.3 Å². The van der Waals surface area contributed by atoms with Crippen LogP contribution in [-0.2, 0) is 9.59 Å². The van der Waals surface area contributed by atoms with Crippen molar-refractivity contribution in [3.8, 4) is 0 Å². The van der Waals surface area contributed by atoms with Crippen molar-refractivity contribution in [1.82, 2.24) is 16.0 Å². The summed E-state index contributed by atoms with van der Waals surface area (Å²) in [6, 6.07) is 7.25. The van der Waals surface area contributed by atoms with Crippen molar-refractivity contribution in [2.24, 2.45) is 5.92 Å². The predicted molar refractivity (Wildman–Crippen MR) is 99.4 cm³/mol. The molecular weight excluding hydrogens is 360 g/mol. The van der Waals surface area contributed by atoms with E-state index in [1.54, 1.807) is 6.92 Å². The summed E-state index contributed by atoms with van der Waals surface area (Å²) in [6.45, 7) is 2.23. The highest BCUT2D eigenvalue weighted by Crippen LogP contribution is 2.38. The zero-order valence-corrected chi connectivity index (χ0v) is 15.3. The van der Waals surface area contributed by atoms with Crippen LogP contribution in [0, 0.1) is 5.92 Å². The van der Waals surface area contributed by atoms with Gasteiger partial charge >= 0.3 is 6.03 Å². The number of para-hydroxylation sites is 1. The Labute approximate surface area is 154 Å². The minimum atomic E-state index is -0.502. The third kappa shape index (κ3) is 4.21. The van der Waals surface area contributed by atoms with Crippen LogP contribution in [0.25, 0.3) is 0 Å². The summed E-state index contributed by atoms with van der Waals surface area (Å²) in [5.74, 6) is -0.150. The summed E-state index contributed by atoms with van der Waals surface area (Å²) in [5, 5.41) is 10.2. The zero-order valence-electron chi connectivity index (χ0n) is 13.7. The maximum Gasteiger partial charge on any atom is 0.321 e. The van der Waals surface area contributed by atoms with Gasteiger partial charge in [-0.05, 0) is 31.2 Å². The van der Waals surface area contributed by atoms with Crippen molar-refractivity contribution in [1.29, 1.82) is 0 Å². The second kappa shape index (κ2) is 8.01. The lowest BCUT2D eigenvalue weighted by Gasteiger charge is -2.21. The van der Waals surface area contributed by atoms with Crippen molar-refractivity contribution in [2.45, 2.75) is 29.0 Å². The van der Waals surface area contributed by atoms with Crippen LogP contribution in [0.5, 0.6) is 0 Å². The Balaban J connectivity index is 1.56. The number of anilines is 1. The van der Waals surface area contributed by atoms with Crippen molar-refractivity contribution in [3.63, 3.8) is 0 Å². The van der Waals surface area contributed by atoms with E-state index in [2.05, 4.69) is 21.3 Å². The molecule has 4 N–H and O–H groups in total. The van der Waals surface area contributed by atoms with Crippen molar-refractivity contribution in [3.05, 3.63) is 24.3 Å². The zero-order chi connectivity index (χ0) is 17.8. The Kier molecular flexibility index (Phi) is 5.74. The second-order valence-corrected chi connectivity index (χ2v) is 8.08. The number of hydrogen-bond acceptors (Lipinski definition) is 6. The number of thioether (sulfide) groups is 2. The van der Waals surface area contributed by atoms with Crippen molar-refractivity contribution in [2.75, 3.05) is 17.6 Å². The molecule has 9 heteroatoms. The molecule has 3 rings (SSSR count). The van der Waals surface area contributed by atoms with Gasteiger partial charge in [0.25, 0.3) is 5.91 Å². The van der Waals surface area contributed by atoms with E-state index in [4.69, 9.17) is 0 Å². The summed E-state index contributed by atoms with van der Waals surface area (Å²) in [5.41, 5.74) is 0.942. The number of imide groups is 1. The Bertz CT molecular complexity index is 660. The molecule has 0 bridgehead atoms. The molecule has 0 aromatic heterocycles. The molecule has 3 atom stereocenters. The van der Waals surface area contributed by atoms with Crippen molar-refractivity contribution >= 4 is 47.1 Å². The molecule has 1 aromatic carbocycles. The molecule has 0 radical (unpaired) electrons. The predicted octanol–water partition coefficient (Wildman–Crippen LogP) is 1.57. The van der Waals surface area contributed by atoms with Crippen LogP contribution in [0.4, 0.5) is 10.5 Å². The molecule has 0 spiro atoms. The summed E-state index contributed by atoms with van der Waals surface area (Å²) in [7, 11) is 0. The van der Waals surface area contributed by atoms with Gasteiger partial charge in [0, 0.05) is 17.1 Å². The first kappa shape index (κ1) is 17.9. The quantitative estimate of drug-likeness (QED) is 0.633. The van der Waals surface area contributed by atoms with Crippen LogP contribution in [0.15, 0.2) is 29.2 Å². The molecule has 0 aliphatic carbocycles. The maximum atomic E-state index is 12.5. The molecule has 25 heavy (non-hydrogen) atoms. The fourth-order valence-corrected chi connectivity index (χ4v) is 5.09. The Morgan fingerprint density at radius 1 is 1.24 bits per heavy atom. The highest BCUT2D eigenvalue weighted by molar-refractivity contribution is 8.01. The number of carbonyl (C=O) groups excluding carboxylic acids is 3. The Morgan fingerprint density at radius 2 is 2.04 bits per heavy atom. The van der Waals surface area contributed by atoms with Gasteiger partial charge in [-0.2, -0.15) is 0 Å². The topological polar surface area (TPSA) is 99.3 Å². The largest absolute Gasteiger partial charge is 0.364 e. The van der Waals surface area contributed by atoms with Crippen LogP contribution in [0.2, 0.25) is 0 Å². The van der Waals surface area contributed by atoms with Gasteiger partial charge in [-0.1, -0.05) is 23.9 Å². The first-order chi connectivity index (χ1) is 12.1. The minimum absolute atomic E-state index is 0.156. The van der Waals surface area contributed by atoms with Crippen LogP contribution in [0.3, 0.4) is 0 Å². The fourth-order valence-electron chi connectivity index (χ4n) is 2.73. The van der Waals surface area contributed by atoms with E-state index >= 15 is 0 Å². The lowest BCUT2D eigenvalue weighted by Crippen LogP contribution is -2.49. The van der Waals surface area contributed by atoms with Gasteiger partial charge in [-0.3, -0.25) is 14.9 Å². The van der Waals surface area contributed by atoms with E-state index in [0.29, 0.717) is 13.0 Å². The van der Waals surface area contributed by atoms with E-state index in [0.717, 1.165) is 16.3 Å². The van der Waals surface area contributed by atoms with E-state index in [1.165, 1.54) is 23.5 Å². The molecule has 2 heterocycles. The van der Waals surface area contributed by atoms with Gasteiger partial charge in [0.2, 0.25) is 5.91 Å². The number of carbonyl (C=O) groups is 3. The molecule has 2 aliphatic heterocycles. The number of rotatable bonds is 4. The van der Waals surface area contributed by atoms with E-state index < -0.39 is 17.3 Å². The van der Waals surface area contributed by atoms with Gasteiger partial charge in [0.15, 0.2) is 5.37 Å². The molecule has 4 amide bonds. The average Bonchev–Trinajstić information content (AvgIpc) is 3.21. The molecule has 7 nitrogen and oxygen atoms in total. The van der Waals surface area contributed by atoms with Gasteiger partial charge in [-0.15, -0.1) is 11.8 Å². The molecule has 1 saturated heterocycles. The molecule has 1 fully saturated rings. The summed E-state index contributed by atoms with van der Waals surface area (Å²) < 4.78 is 0. The number of nitrogens with one attached hydrogen (secondary N) is 4. The van der Waals surface area contributed by atoms with E-state index in [9.17, 15) is 14.4 Å². The van der Waals surface area contributed by atoms with Gasteiger partial charge in [0.05, 0.1) is 11.3 Å². The normalized spacial score (nSPS) is 24.1. The Morgan fingerprint density at radius 3 is 2.80 bits per heavy atom. The fraction of sp³-hybridized carbons (Fsp3) is 0.438. The summed E-state index contributed by atoms with van der Waals surface area (Å²) in [6.07, 6.45) is 0.631. The Hall–Kier alpha value is -1.87. The molecular formula is C16H20N4O3S2. The second-order valence-electron chi connectivity index (χ2n) is 5.68. The number of benzene rings is 1. The number of fused-ring (bicyclic) bond motifs is 1. The van der Waals surface area contributed by atoms with Crippen LogP contribution < -0.4 is 21.3 Å². The number of amides is 4. The monoisotopic (exact) mass is 380 g/mol. The third-order valence-electron chi connectivity index (χ3n) is 3.94. The molecule has 134 valence electrons. The molecule has 3 unspecified atom stereocenters. The highest BCUT2D eigenvalue weighted by Gasteiger charge is 2.37. The van der Waals surface area contributed by atoms with Crippen LogP contribution in [0.1, 0.15) is 13.3 Å². The lowest BCUT2D eigenvalue weighted by molar-refractivity contribution is -0.124. The number of hydrogen-bond donors (Lipinski definition) is 4. The first-order valence-corrected chi connectivity index (χ1v) is 10.0. The summed E-state index contributed by atoms with van der Waals surface area (Å²) >= 11 is 2.99. The highest BCUT2D eigenvalue weighted by atomic mass is 32.2. The summed E-state index contributed by atoms with van der Waals surface area (Å²) in [4.78, 5) is 37.4. The molecule has 1 aromatic rings. The number of urea groups is 1. The molecule has 2 aliphatic rings. The molecule has 0 saturated carbocycles. The SMILES string of the molecule is CCNC(=O)NC(=O)C1CCSC1NC(=O)C1Nc2ccccc2S1.